The number of ether oxygens (including phenoxy) is 1. The summed E-state index contributed by atoms with van der Waals surface area (Å²) < 4.78 is 34.3. The topological polar surface area (TPSA) is 114 Å². The van der Waals surface area contributed by atoms with Crippen molar-refractivity contribution in [1.82, 2.24) is 25.3 Å². The molecule has 1 amide bonds. The number of hydrogen-bond donors (Lipinski definition) is 3. The van der Waals surface area contributed by atoms with Gasteiger partial charge in [0.2, 0.25) is 5.95 Å². The quantitative estimate of drug-likeness (QED) is 0.242. The molecule has 40 heavy (non-hydrogen) atoms. The molecule has 2 unspecified atom stereocenters. The van der Waals surface area contributed by atoms with Crippen molar-refractivity contribution >= 4 is 39.4 Å². The van der Waals surface area contributed by atoms with Crippen LogP contribution in [0.1, 0.15) is 55.0 Å². The highest BCUT2D eigenvalue weighted by molar-refractivity contribution is 7.21. The number of aryl methyl sites for hydroxylation is 1. The highest BCUT2D eigenvalue weighted by atomic mass is 32.1. The van der Waals surface area contributed by atoms with Crippen LogP contribution in [0.25, 0.3) is 20.8 Å². The van der Waals surface area contributed by atoms with Crippen LogP contribution in [0.3, 0.4) is 0 Å². The number of rotatable bonds is 8. The Morgan fingerprint density at radius 1 is 1.07 bits per heavy atom. The third-order valence-corrected chi connectivity index (χ3v) is 8.41. The molecule has 0 saturated heterocycles. The van der Waals surface area contributed by atoms with Gasteiger partial charge in [-0.3, -0.25) is 4.98 Å². The number of halogens is 2. The Morgan fingerprint density at radius 3 is 2.60 bits per heavy atom. The molecule has 0 radical (unpaired) electrons. The van der Waals surface area contributed by atoms with Crippen molar-refractivity contribution in [3.63, 3.8) is 0 Å². The Kier molecular flexibility index (Phi) is 7.18. The zero-order valence-corrected chi connectivity index (χ0v) is 22.9. The van der Waals surface area contributed by atoms with Crippen LogP contribution in [0, 0.1) is 18.6 Å². The number of benzene rings is 1. The first kappa shape index (κ1) is 26.3. The van der Waals surface area contributed by atoms with Crippen LogP contribution in [0.2, 0.25) is 0 Å². The van der Waals surface area contributed by atoms with Gasteiger partial charge in [-0.2, -0.15) is 4.98 Å². The SMILES string of the molecule is COC(=O)NC1CCC(Nc2nc(NCc3c(F)cccc3F)nc(C)c2-c2nc3c(C4CC4)nccc3s2)C1. The van der Waals surface area contributed by atoms with E-state index in [1.165, 1.54) is 25.3 Å². The lowest BCUT2D eigenvalue weighted by atomic mass is 10.2. The zero-order valence-electron chi connectivity index (χ0n) is 22.1. The lowest BCUT2D eigenvalue weighted by Crippen LogP contribution is -2.33. The summed E-state index contributed by atoms with van der Waals surface area (Å²) in [6.45, 7) is 1.77. The van der Waals surface area contributed by atoms with Crippen LogP contribution in [-0.4, -0.2) is 45.2 Å². The molecule has 2 fully saturated rings. The van der Waals surface area contributed by atoms with E-state index in [0.29, 0.717) is 23.9 Å². The third-order valence-electron chi connectivity index (χ3n) is 7.37. The van der Waals surface area contributed by atoms with Gasteiger partial charge in [-0.25, -0.2) is 23.5 Å². The number of amides is 1. The van der Waals surface area contributed by atoms with Gasteiger partial charge in [-0.1, -0.05) is 6.07 Å². The molecule has 6 rings (SSSR count). The lowest BCUT2D eigenvalue weighted by molar-refractivity contribution is 0.166. The molecular formula is C28H29F2N7O2S. The summed E-state index contributed by atoms with van der Waals surface area (Å²) >= 11 is 1.56. The van der Waals surface area contributed by atoms with Crippen LogP contribution < -0.4 is 16.0 Å². The first-order valence-corrected chi connectivity index (χ1v) is 14.1. The van der Waals surface area contributed by atoms with Crippen LogP contribution in [-0.2, 0) is 11.3 Å². The van der Waals surface area contributed by atoms with E-state index in [9.17, 15) is 13.6 Å². The van der Waals surface area contributed by atoms with Crippen molar-refractivity contribution in [2.45, 2.75) is 63.6 Å². The average Bonchev–Trinajstić information content (AvgIpc) is 3.54. The Balaban J connectivity index is 1.33. The largest absolute Gasteiger partial charge is 0.453 e. The fourth-order valence-corrected chi connectivity index (χ4v) is 6.25. The van der Waals surface area contributed by atoms with E-state index in [-0.39, 0.29) is 30.1 Å². The van der Waals surface area contributed by atoms with E-state index in [1.807, 2.05) is 19.2 Å². The molecule has 208 valence electrons. The molecule has 2 atom stereocenters. The van der Waals surface area contributed by atoms with Gasteiger partial charge in [-0.05, 0) is 57.2 Å². The molecule has 3 N–H and O–H groups in total. The third kappa shape index (κ3) is 5.40. The molecule has 9 nitrogen and oxygen atoms in total. The van der Waals surface area contributed by atoms with Crippen LogP contribution in [0.4, 0.5) is 25.3 Å². The highest BCUT2D eigenvalue weighted by Crippen LogP contribution is 2.44. The molecule has 0 spiro atoms. The van der Waals surface area contributed by atoms with Crippen molar-refractivity contribution < 1.29 is 18.3 Å². The second-order valence-corrected chi connectivity index (χ2v) is 11.3. The average molecular weight is 566 g/mol. The lowest BCUT2D eigenvalue weighted by Gasteiger charge is -2.19. The van der Waals surface area contributed by atoms with Crippen LogP contribution in [0.15, 0.2) is 30.5 Å². The summed E-state index contributed by atoms with van der Waals surface area (Å²) in [5, 5.41) is 10.2. The van der Waals surface area contributed by atoms with Crippen molar-refractivity contribution in [2.24, 2.45) is 0 Å². The molecule has 4 aromatic rings. The van der Waals surface area contributed by atoms with E-state index in [1.54, 1.807) is 11.3 Å². The number of alkyl carbamates (subject to hydrolysis) is 1. The number of anilines is 2. The minimum Gasteiger partial charge on any atom is -0.453 e. The van der Waals surface area contributed by atoms with E-state index in [0.717, 1.165) is 52.2 Å². The van der Waals surface area contributed by atoms with Crippen molar-refractivity contribution in [1.29, 1.82) is 0 Å². The van der Waals surface area contributed by atoms with Gasteiger partial charge in [0.15, 0.2) is 0 Å². The second-order valence-electron chi connectivity index (χ2n) is 10.2. The summed E-state index contributed by atoms with van der Waals surface area (Å²) in [5.74, 6) is 0.00663. The maximum Gasteiger partial charge on any atom is 0.407 e. The van der Waals surface area contributed by atoms with Crippen molar-refractivity contribution in [3.8, 4) is 10.6 Å². The first-order valence-electron chi connectivity index (χ1n) is 13.3. The number of nitrogens with zero attached hydrogens (tertiary/aromatic N) is 4. The Hall–Kier alpha value is -3.93. The van der Waals surface area contributed by atoms with Crippen LogP contribution in [0.5, 0.6) is 0 Å². The number of pyridine rings is 1. The van der Waals surface area contributed by atoms with Gasteiger partial charge < -0.3 is 20.7 Å². The van der Waals surface area contributed by atoms with Gasteiger partial charge in [0.05, 0.1) is 28.8 Å². The van der Waals surface area contributed by atoms with E-state index < -0.39 is 17.7 Å². The molecular weight excluding hydrogens is 536 g/mol. The standard InChI is InChI=1S/C28H29F2N7O2S/c1-14-22(26-36-24-21(40-26)10-11-31-23(24)15-6-7-15)25(34-16-8-9-17(12-16)35-28(38)39-2)37-27(33-14)32-13-18-19(29)4-3-5-20(18)30/h3-5,10-11,15-17H,6-9,12-13H2,1-2H3,(H,35,38)(H2,32,33,34,37). The Bertz CT molecular complexity index is 1560. The number of methoxy groups -OCH3 is 1. The maximum absolute atomic E-state index is 14.2. The number of hydrogen-bond acceptors (Lipinski definition) is 9. The van der Waals surface area contributed by atoms with E-state index >= 15 is 0 Å². The fourth-order valence-electron chi connectivity index (χ4n) is 5.18. The first-order chi connectivity index (χ1) is 19.4. The summed E-state index contributed by atoms with van der Waals surface area (Å²) in [5.41, 5.74) is 3.31. The molecule has 0 aliphatic heterocycles. The number of aromatic nitrogens is 4. The Morgan fingerprint density at radius 2 is 1.85 bits per heavy atom. The molecule has 1 aromatic carbocycles. The van der Waals surface area contributed by atoms with Crippen molar-refractivity contribution in [2.75, 3.05) is 17.7 Å². The zero-order chi connectivity index (χ0) is 27.8. The number of carbonyl (C=O) groups is 1. The number of carbonyl (C=O) groups excluding carboxylic acids is 1. The van der Waals surface area contributed by atoms with Gasteiger partial charge in [-0.15, -0.1) is 11.3 Å². The number of fused-ring (bicyclic) bond motifs is 1. The van der Waals surface area contributed by atoms with Gasteiger partial charge in [0, 0.05) is 36.3 Å². The predicted octanol–water partition coefficient (Wildman–Crippen LogP) is 5.91. The molecule has 2 saturated carbocycles. The van der Waals surface area contributed by atoms with E-state index in [2.05, 4.69) is 25.9 Å². The number of nitrogens with one attached hydrogen (secondary N) is 3. The molecule has 0 bridgehead atoms. The maximum atomic E-state index is 14.2. The minimum absolute atomic E-state index is 0.0208. The molecule has 3 aromatic heterocycles. The van der Waals surface area contributed by atoms with Gasteiger partial charge in [0.25, 0.3) is 0 Å². The molecule has 12 heteroatoms. The minimum atomic E-state index is -0.635. The van der Waals surface area contributed by atoms with E-state index in [4.69, 9.17) is 14.7 Å². The summed E-state index contributed by atoms with van der Waals surface area (Å²) in [7, 11) is 1.35. The summed E-state index contributed by atoms with van der Waals surface area (Å²) in [6.07, 6.45) is 5.93. The van der Waals surface area contributed by atoms with Crippen LogP contribution >= 0.6 is 11.3 Å². The summed E-state index contributed by atoms with van der Waals surface area (Å²) in [4.78, 5) is 30.7. The summed E-state index contributed by atoms with van der Waals surface area (Å²) in [6, 6.07) is 5.76. The highest BCUT2D eigenvalue weighted by Gasteiger charge is 2.30. The number of thiazole rings is 1. The normalized spacial score (nSPS) is 18.6. The predicted molar refractivity (Wildman–Crippen MR) is 149 cm³/mol. The molecule has 2 aliphatic carbocycles. The molecule has 2 aliphatic rings. The second kappa shape index (κ2) is 10.9. The Labute approximate surface area is 233 Å². The van der Waals surface area contributed by atoms with Gasteiger partial charge in [0.1, 0.15) is 28.0 Å². The molecule has 3 heterocycles. The van der Waals surface area contributed by atoms with Crippen molar-refractivity contribution in [3.05, 3.63) is 59.0 Å². The fraction of sp³-hybridized carbons (Fsp3) is 0.393. The monoisotopic (exact) mass is 565 g/mol. The smallest absolute Gasteiger partial charge is 0.407 e. The van der Waals surface area contributed by atoms with Gasteiger partial charge >= 0.3 is 6.09 Å².